The molecule has 0 unspecified atom stereocenters. The van der Waals surface area contributed by atoms with E-state index in [-0.39, 0.29) is 6.42 Å². The van der Waals surface area contributed by atoms with E-state index >= 15 is 0 Å². The number of likely N-dealkylation sites (tertiary alicyclic amines) is 1. The summed E-state index contributed by atoms with van der Waals surface area (Å²) < 4.78 is 0. The highest BCUT2D eigenvalue weighted by atomic mass is 16.4. The van der Waals surface area contributed by atoms with Gasteiger partial charge in [-0.1, -0.05) is 0 Å². The molecule has 0 aliphatic carbocycles. The Morgan fingerprint density at radius 1 is 1.38 bits per heavy atom. The van der Waals surface area contributed by atoms with E-state index in [4.69, 9.17) is 5.11 Å². The number of hydrogen-bond donors (Lipinski definition) is 2. The molecule has 1 aliphatic heterocycles. The Morgan fingerprint density at radius 3 is 2.38 bits per heavy atom. The van der Waals surface area contributed by atoms with Gasteiger partial charge in [0.2, 0.25) is 0 Å². The number of rotatable bonds is 5. The molecule has 0 bridgehead atoms. The van der Waals surface area contributed by atoms with E-state index < -0.39 is 11.6 Å². The standard InChI is InChI=1S/C12H23NO3/c1-12(2,16)9-13-7-5-10(6-8-13)3-4-11(14)15/h10,16H,3-9H2,1-2H3,(H,14,15). The molecule has 94 valence electrons. The molecule has 1 aliphatic rings. The van der Waals surface area contributed by atoms with Crippen LogP contribution in [0, 0.1) is 5.92 Å². The van der Waals surface area contributed by atoms with Crippen molar-refractivity contribution in [1.29, 1.82) is 0 Å². The van der Waals surface area contributed by atoms with Gasteiger partial charge >= 0.3 is 5.97 Å². The van der Waals surface area contributed by atoms with Crippen molar-refractivity contribution in [2.75, 3.05) is 19.6 Å². The van der Waals surface area contributed by atoms with Gasteiger partial charge in [-0.3, -0.25) is 4.79 Å². The Kier molecular flexibility index (Phi) is 4.74. The van der Waals surface area contributed by atoms with Crippen molar-refractivity contribution in [2.45, 2.75) is 45.1 Å². The van der Waals surface area contributed by atoms with Gasteiger partial charge in [0.25, 0.3) is 0 Å². The van der Waals surface area contributed by atoms with Gasteiger partial charge in [-0.2, -0.15) is 0 Å². The number of carboxylic acid groups (broad SMARTS) is 1. The predicted octanol–water partition coefficient (Wildman–Crippen LogP) is 1.33. The predicted molar refractivity (Wildman–Crippen MR) is 62.3 cm³/mol. The van der Waals surface area contributed by atoms with Gasteiger partial charge < -0.3 is 15.1 Å². The number of carbonyl (C=O) groups is 1. The molecular formula is C12H23NO3. The van der Waals surface area contributed by atoms with Crippen LogP contribution in [0.15, 0.2) is 0 Å². The SMILES string of the molecule is CC(C)(O)CN1CCC(CCC(=O)O)CC1. The number of nitrogens with zero attached hydrogens (tertiary/aromatic N) is 1. The maximum absolute atomic E-state index is 10.5. The fraction of sp³-hybridized carbons (Fsp3) is 0.917. The number of aliphatic hydroxyl groups is 1. The summed E-state index contributed by atoms with van der Waals surface area (Å²) in [5.41, 5.74) is -0.631. The van der Waals surface area contributed by atoms with Crippen LogP contribution in [0.5, 0.6) is 0 Å². The molecule has 2 N–H and O–H groups in total. The van der Waals surface area contributed by atoms with Crippen molar-refractivity contribution >= 4 is 5.97 Å². The molecule has 1 saturated heterocycles. The molecule has 1 heterocycles. The average molecular weight is 229 g/mol. The Morgan fingerprint density at radius 2 is 1.94 bits per heavy atom. The zero-order chi connectivity index (χ0) is 12.2. The van der Waals surface area contributed by atoms with E-state index in [2.05, 4.69) is 4.90 Å². The lowest BCUT2D eigenvalue weighted by Crippen LogP contribution is -2.42. The van der Waals surface area contributed by atoms with Crippen LogP contribution in [0.2, 0.25) is 0 Å². The van der Waals surface area contributed by atoms with Crippen molar-refractivity contribution in [3.63, 3.8) is 0 Å². The van der Waals surface area contributed by atoms with Crippen LogP contribution in [-0.4, -0.2) is 46.3 Å². The van der Waals surface area contributed by atoms with Crippen LogP contribution in [0.4, 0.5) is 0 Å². The molecule has 0 aromatic heterocycles. The molecule has 0 aromatic carbocycles. The van der Waals surface area contributed by atoms with Gasteiger partial charge in [0, 0.05) is 13.0 Å². The van der Waals surface area contributed by atoms with Crippen LogP contribution >= 0.6 is 0 Å². The van der Waals surface area contributed by atoms with E-state index in [9.17, 15) is 9.90 Å². The van der Waals surface area contributed by atoms with Crippen molar-refractivity contribution in [2.24, 2.45) is 5.92 Å². The Labute approximate surface area is 97.3 Å². The minimum absolute atomic E-state index is 0.288. The monoisotopic (exact) mass is 229 g/mol. The van der Waals surface area contributed by atoms with E-state index in [1.807, 2.05) is 13.8 Å². The largest absolute Gasteiger partial charge is 0.481 e. The van der Waals surface area contributed by atoms with Crippen LogP contribution in [-0.2, 0) is 4.79 Å². The maximum Gasteiger partial charge on any atom is 0.303 e. The van der Waals surface area contributed by atoms with E-state index in [0.29, 0.717) is 12.5 Å². The first-order valence-corrected chi connectivity index (χ1v) is 6.03. The minimum atomic E-state index is -0.695. The molecule has 0 saturated carbocycles. The van der Waals surface area contributed by atoms with Crippen molar-refractivity contribution in [3.05, 3.63) is 0 Å². The van der Waals surface area contributed by atoms with Crippen molar-refractivity contribution in [3.8, 4) is 0 Å². The highest BCUT2D eigenvalue weighted by Gasteiger charge is 2.23. The van der Waals surface area contributed by atoms with E-state index in [0.717, 1.165) is 32.4 Å². The fourth-order valence-corrected chi connectivity index (χ4v) is 2.31. The zero-order valence-corrected chi connectivity index (χ0v) is 10.3. The molecule has 16 heavy (non-hydrogen) atoms. The van der Waals surface area contributed by atoms with Gasteiger partial charge in [-0.25, -0.2) is 0 Å². The Hall–Kier alpha value is -0.610. The molecule has 1 rings (SSSR count). The van der Waals surface area contributed by atoms with Gasteiger partial charge in [0.05, 0.1) is 5.60 Å². The van der Waals surface area contributed by atoms with Crippen LogP contribution in [0.3, 0.4) is 0 Å². The molecule has 0 amide bonds. The third-order valence-corrected chi connectivity index (χ3v) is 3.08. The third kappa shape index (κ3) is 5.47. The number of β-amino-alcohol motifs (C(OH)–C–C–N with tert-alkyl or cyclic N) is 1. The zero-order valence-electron chi connectivity index (χ0n) is 10.3. The number of carboxylic acids is 1. The van der Waals surface area contributed by atoms with E-state index in [1.165, 1.54) is 0 Å². The molecule has 1 fully saturated rings. The Bertz CT molecular complexity index is 227. The van der Waals surface area contributed by atoms with Crippen LogP contribution in [0.25, 0.3) is 0 Å². The first-order chi connectivity index (χ1) is 7.37. The van der Waals surface area contributed by atoms with Crippen LogP contribution in [0.1, 0.15) is 39.5 Å². The molecule has 4 nitrogen and oxygen atoms in total. The fourth-order valence-electron chi connectivity index (χ4n) is 2.31. The molecule has 0 atom stereocenters. The summed E-state index contributed by atoms with van der Waals surface area (Å²) in [5.74, 6) is -0.145. The first kappa shape index (κ1) is 13.5. The number of aliphatic carboxylic acids is 1. The second kappa shape index (κ2) is 5.64. The molecular weight excluding hydrogens is 206 g/mol. The minimum Gasteiger partial charge on any atom is -0.481 e. The topological polar surface area (TPSA) is 60.8 Å². The smallest absolute Gasteiger partial charge is 0.303 e. The summed E-state index contributed by atoms with van der Waals surface area (Å²) in [6, 6.07) is 0. The van der Waals surface area contributed by atoms with Crippen LogP contribution < -0.4 is 0 Å². The molecule has 4 heteroatoms. The average Bonchev–Trinajstić information content (AvgIpc) is 2.14. The van der Waals surface area contributed by atoms with Gasteiger partial charge in [-0.15, -0.1) is 0 Å². The molecule has 0 radical (unpaired) electrons. The van der Waals surface area contributed by atoms with E-state index in [1.54, 1.807) is 0 Å². The third-order valence-electron chi connectivity index (χ3n) is 3.08. The van der Waals surface area contributed by atoms with Gasteiger partial charge in [0.1, 0.15) is 0 Å². The summed E-state index contributed by atoms with van der Waals surface area (Å²) in [6.07, 6.45) is 3.20. The second-order valence-corrected chi connectivity index (χ2v) is 5.46. The lowest BCUT2D eigenvalue weighted by molar-refractivity contribution is -0.137. The molecule has 0 spiro atoms. The number of piperidine rings is 1. The highest BCUT2D eigenvalue weighted by Crippen LogP contribution is 2.22. The summed E-state index contributed by atoms with van der Waals surface area (Å²) in [5, 5.41) is 18.3. The first-order valence-electron chi connectivity index (χ1n) is 6.03. The van der Waals surface area contributed by atoms with Gasteiger partial charge in [-0.05, 0) is 52.1 Å². The normalized spacial score (nSPS) is 19.9. The maximum atomic E-state index is 10.5. The summed E-state index contributed by atoms with van der Waals surface area (Å²) in [4.78, 5) is 12.7. The highest BCUT2D eigenvalue weighted by molar-refractivity contribution is 5.66. The summed E-state index contributed by atoms with van der Waals surface area (Å²) in [6.45, 7) is 6.31. The lowest BCUT2D eigenvalue weighted by atomic mass is 9.91. The quantitative estimate of drug-likeness (QED) is 0.746. The summed E-state index contributed by atoms with van der Waals surface area (Å²) in [7, 11) is 0. The summed E-state index contributed by atoms with van der Waals surface area (Å²) >= 11 is 0. The lowest BCUT2D eigenvalue weighted by Gasteiger charge is -2.35. The van der Waals surface area contributed by atoms with Gasteiger partial charge in [0.15, 0.2) is 0 Å². The molecule has 0 aromatic rings. The second-order valence-electron chi connectivity index (χ2n) is 5.46. The Balaban J connectivity index is 2.21. The van der Waals surface area contributed by atoms with Crippen molar-refractivity contribution in [1.82, 2.24) is 4.90 Å². The number of hydrogen-bond acceptors (Lipinski definition) is 3. The van der Waals surface area contributed by atoms with Crippen molar-refractivity contribution < 1.29 is 15.0 Å².